The highest BCUT2D eigenvalue weighted by molar-refractivity contribution is 6.09. The molecule has 0 atom stereocenters. The fourth-order valence-corrected chi connectivity index (χ4v) is 2.96. The predicted octanol–water partition coefficient (Wildman–Crippen LogP) is 3.99. The first-order valence-electron chi connectivity index (χ1n) is 8.57. The molecule has 0 aliphatic carbocycles. The van der Waals surface area contributed by atoms with Gasteiger partial charge in [0.15, 0.2) is 5.88 Å². The molecule has 1 fully saturated rings. The number of nitrogens with zero attached hydrogens (tertiary/aromatic N) is 2. The second-order valence-corrected chi connectivity index (χ2v) is 6.00. The summed E-state index contributed by atoms with van der Waals surface area (Å²) in [6.07, 6.45) is 4.62. The molecule has 25 heavy (non-hydrogen) atoms. The number of hydrogen-bond acceptors (Lipinski definition) is 4. The lowest BCUT2D eigenvalue weighted by molar-refractivity contribution is -0.112. The van der Waals surface area contributed by atoms with Crippen molar-refractivity contribution >= 4 is 23.6 Å². The van der Waals surface area contributed by atoms with Gasteiger partial charge in [0.25, 0.3) is 5.91 Å². The average molecular weight is 335 g/mol. The third-order valence-corrected chi connectivity index (χ3v) is 4.33. The van der Waals surface area contributed by atoms with E-state index in [1.807, 2.05) is 43.3 Å². The van der Waals surface area contributed by atoms with Crippen molar-refractivity contribution in [1.82, 2.24) is 0 Å². The van der Waals surface area contributed by atoms with E-state index in [0.29, 0.717) is 5.76 Å². The summed E-state index contributed by atoms with van der Waals surface area (Å²) in [6, 6.07) is 13.2. The fourth-order valence-electron chi connectivity index (χ4n) is 2.96. The molecule has 5 nitrogen and oxygen atoms in total. The molecule has 0 bridgehead atoms. The summed E-state index contributed by atoms with van der Waals surface area (Å²) in [7, 11) is 0. The van der Waals surface area contributed by atoms with Crippen LogP contribution in [0.2, 0.25) is 0 Å². The highest BCUT2D eigenvalue weighted by Crippen LogP contribution is 2.24. The largest absolute Gasteiger partial charge is 0.441 e. The Morgan fingerprint density at radius 2 is 2.04 bits per heavy atom. The highest BCUT2D eigenvalue weighted by Gasteiger charge is 2.16. The van der Waals surface area contributed by atoms with Crippen molar-refractivity contribution in [3.63, 3.8) is 0 Å². The van der Waals surface area contributed by atoms with Crippen LogP contribution in [0.15, 0.2) is 46.4 Å². The van der Waals surface area contributed by atoms with E-state index in [2.05, 4.69) is 10.2 Å². The third-order valence-electron chi connectivity index (χ3n) is 4.33. The maximum atomic E-state index is 12.4. The van der Waals surface area contributed by atoms with Crippen molar-refractivity contribution in [2.24, 2.45) is 0 Å². The molecule has 1 aliphatic rings. The molecular formula is C20H21N3O2. The van der Waals surface area contributed by atoms with Gasteiger partial charge < -0.3 is 14.6 Å². The molecule has 0 radical (unpaired) electrons. The fraction of sp³-hybridized carbons (Fsp3) is 0.300. The summed E-state index contributed by atoms with van der Waals surface area (Å²) in [5, 5.41) is 12.2. The molecule has 2 heterocycles. The monoisotopic (exact) mass is 335 g/mol. The first kappa shape index (κ1) is 16.8. The average Bonchev–Trinajstić information content (AvgIpc) is 3.31. The van der Waals surface area contributed by atoms with Gasteiger partial charge in [-0.15, -0.1) is 0 Å². The van der Waals surface area contributed by atoms with E-state index in [1.54, 1.807) is 6.07 Å². The summed E-state index contributed by atoms with van der Waals surface area (Å²) >= 11 is 0. The van der Waals surface area contributed by atoms with E-state index >= 15 is 0 Å². The van der Waals surface area contributed by atoms with Crippen LogP contribution >= 0.6 is 0 Å². The standard InChI is InChI=1S/C20H21N3O2/c1-2-15-7-3-4-8-18(15)22-20(24)16(14-21)13-17-9-10-19(25-17)23-11-5-6-12-23/h3-4,7-10,13H,2,5-6,11-12H2,1H3,(H,22,24)/b16-13+. The van der Waals surface area contributed by atoms with Crippen LogP contribution in [-0.2, 0) is 11.2 Å². The summed E-state index contributed by atoms with van der Waals surface area (Å²) < 4.78 is 5.76. The number of carbonyl (C=O) groups excluding carboxylic acids is 1. The molecule has 2 aromatic rings. The van der Waals surface area contributed by atoms with Crippen LogP contribution in [-0.4, -0.2) is 19.0 Å². The van der Waals surface area contributed by atoms with E-state index < -0.39 is 5.91 Å². The van der Waals surface area contributed by atoms with Crippen molar-refractivity contribution in [3.05, 3.63) is 53.3 Å². The lowest BCUT2D eigenvalue weighted by Crippen LogP contribution is -2.16. The Morgan fingerprint density at radius 3 is 2.76 bits per heavy atom. The van der Waals surface area contributed by atoms with Gasteiger partial charge in [-0.2, -0.15) is 5.26 Å². The van der Waals surface area contributed by atoms with Crippen LogP contribution in [0.1, 0.15) is 31.1 Å². The third kappa shape index (κ3) is 3.92. The summed E-state index contributed by atoms with van der Waals surface area (Å²) in [4.78, 5) is 14.6. The normalized spacial score (nSPS) is 14.4. The Kier molecular flexibility index (Phi) is 5.20. The van der Waals surface area contributed by atoms with Gasteiger partial charge in [0, 0.05) is 30.9 Å². The zero-order valence-corrected chi connectivity index (χ0v) is 14.3. The van der Waals surface area contributed by atoms with Gasteiger partial charge in [0.2, 0.25) is 0 Å². The maximum Gasteiger partial charge on any atom is 0.266 e. The van der Waals surface area contributed by atoms with Crippen LogP contribution < -0.4 is 10.2 Å². The van der Waals surface area contributed by atoms with E-state index in [4.69, 9.17) is 4.42 Å². The minimum absolute atomic E-state index is 0.0215. The molecule has 1 N–H and O–H groups in total. The molecule has 1 saturated heterocycles. The van der Waals surface area contributed by atoms with Crippen LogP contribution in [0.5, 0.6) is 0 Å². The molecule has 0 unspecified atom stereocenters. The number of nitriles is 1. The number of nitrogens with one attached hydrogen (secondary N) is 1. The Hall–Kier alpha value is -3.00. The summed E-state index contributed by atoms with van der Waals surface area (Å²) in [5.74, 6) is 0.873. The number of benzene rings is 1. The molecule has 1 aromatic heterocycles. The predicted molar refractivity (Wildman–Crippen MR) is 98.2 cm³/mol. The van der Waals surface area contributed by atoms with Crippen LogP contribution in [0.25, 0.3) is 6.08 Å². The SMILES string of the molecule is CCc1ccccc1NC(=O)/C(C#N)=C/c1ccc(N2CCCC2)o1. The number of carbonyl (C=O) groups is 1. The Bertz CT molecular complexity index is 823. The Labute approximate surface area is 147 Å². The molecule has 1 aromatic carbocycles. The lowest BCUT2D eigenvalue weighted by atomic mass is 10.1. The molecule has 1 aliphatic heterocycles. The van der Waals surface area contributed by atoms with Crippen LogP contribution in [0, 0.1) is 11.3 Å². The minimum atomic E-state index is -0.428. The van der Waals surface area contributed by atoms with E-state index in [9.17, 15) is 10.1 Å². The van der Waals surface area contributed by atoms with Gasteiger partial charge in [0.05, 0.1) is 0 Å². The van der Waals surface area contributed by atoms with E-state index in [1.165, 1.54) is 6.08 Å². The summed E-state index contributed by atoms with van der Waals surface area (Å²) in [5.41, 5.74) is 1.78. The number of rotatable bonds is 5. The molecule has 5 heteroatoms. The van der Waals surface area contributed by atoms with Gasteiger partial charge in [0.1, 0.15) is 17.4 Å². The van der Waals surface area contributed by atoms with Crippen molar-refractivity contribution in [3.8, 4) is 6.07 Å². The van der Waals surface area contributed by atoms with Gasteiger partial charge in [-0.1, -0.05) is 25.1 Å². The smallest absolute Gasteiger partial charge is 0.266 e. The second kappa shape index (κ2) is 7.71. The van der Waals surface area contributed by atoms with Crippen molar-refractivity contribution < 1.29 is 9.21 Å². The molecule has 0 saturated carbocycles. The highest BCUT2D eigenvalue weighted by atomic mass is 16.4. The quantitative estimate of drug-likeness (QED) is 0.662. The lowest BCUT2D eigenvalue weighted by Gasteiger charge is -2.12. The zero-order valence-electron chi connectivity index (χ0n) is 14.3. The number of aryl methyl sites for hydroxylation is 1. The van der Waals surface area contributed by atoms with E-state index in [0.717, 1.165) is 49.5 Å². The topological polar surface area (TPSA) is 69.3 Å². The first-order valence-corrected chi connectivity index (χ1v) is 8.57. The van der Waals surface area contributed by atoms with Gasteiger partial charge >= 0.3 is 0 Å². The van der Waals surface area contributed by atoms with Crippen LogP contribution in [0.4, 0.5) is 11.6 Å². The maximum absolute atomic E-state index is 12.4. The van der Waals surface area contributed by atoms with Gasteiger partial charge in [-0.05, 0) is 37.0 Å². The van der Waals surface area contributed by atoms with Crippen molar-refractivity contribution in [2.45, 2.75) is 26.2 Å². The van der Waals surface area contributed by atoms with Crippen molar-refractivity contribution in [1.29, 1.82) is 5.26 Å². The number of anilines is 2. The minimum Gasteiger partial charge on any atom is -0.441 e. The number of furan rings is 1. The van der Waals surface area contributed by atoms with E-state index in [-0.39, 0.29) is 5.57 Å². The van der Waals surface area contributed by atoms with Crippen LogP contribution in [0.3, 0.4) is 0 Å². The Morgan fingerprint density at radius 1 is 1.28 bits per heavy atom. The second-order valence-electron chi connectivity index (χ2n) is 6.00. The number of hydrogen-bond donors (Lipinski definition) is 1. The number of amides is 1. The molecule has 3 rings (SSSR count). The Balaban J connectivity index is 1.76. The number of para-hydroxylation sites is 1. The molecule has 128 valence electrons. The zero-order chi connectivity index (χ0) is 17.6. The van der Waals surface area contributed by atoms with Gasteiger partial charge in [-0.25, -0.2) is 0 Å². The van der Waals surface area contributed by atoms with Gasteiger partial charge in [-0.3, -0.25) is 4.79 Å². The van der Waals surface area contributed by atoms with Crippen molar-refractivity contribution in [2.75, 3.05) is 23.3 Å². The first-order chi connectivity index (χ1) is 12.2. The molecule has 1 amide bonds. The summed E-state index contributed by atoms with van der Waals surface area (Å²) in [6.45, 7) is 3.99. The molecule has 0 spiro atoms. The molecular weight excluding hydrogens is 314 g/mol.